The Morgan fingerprint density at radius 2 is 1.78 bits per heavy atom. The first-order valence-corrected chi connectivity index (χ1v) is 12.0. The molecule has 0 atom stereocenters. The maximum atomic E-state index is 13.2. The standard InChI is InChI=1S/C24H27FN4O2S/c1-2-3-12-29-23(31)20-6-4-5-7-21(20)26-24(29)32-17-22(30)28-15-13-27(14-16-28)19-10-8-18(25)9-11-19/h4-11H,2-3,12-17H2,1H3. The number of nitrogens with zero attached hydrogens (tertiary/aromatic N) is 4. The van der Waals surface area contributed by atoms with E-state index in [2.05, 4.69) is 16.8 Å². The predicted octanol–water partition coefficient (Wildman–Crippen LogP) is 3.78. The Hall–Kier alpha value is -2.87. The molecule has 3 aromatic rings. The van der Waals surface area contributed by atoms with Gasteiger partial charge in [0.05, 0.1) is 16.7 Å². The molecule has 8 heteroatoms. The van der Waals surface area contributed by atoms with Gasteiger partial charge in [-0.1, -0.05) is 37.2 Å². The number of rotatable bonds is 7. The highest BCUT2D eigenvalue weighted by Gasteiger charge is 2.22. The average Bonchev–Trinajstić information content (AvgIpc) is 2.83. The van der Waals surface area contributed by atoms with Crippen LogP contribution in [0.2, 0.25) is 0 Å². The molecule has 1 saturated heterocycles. The minimum atomic E-state index is -0.251. The van der Waals surface area contributed by atoms with Crippen molar-refractivity contribution >= 4 is 34.3 Å². The van der Waals surface area contributed by atoms with Crippen LogP contribution in [0.5, 0.6) is 0 Å². The molecule has 1 aliphatic heterocycles. The number of para-hydroxylation sites is 1. The van der Waals surface area contributed by atoms with E-state index >= 15 is 0 Å². The van der Waals surface area contributed by atoms with Gasteiger partial charge in [-0.15, -0.1) is 0 Å². The van der Waals surface area contributed by atoms with E-state index in [1.807, 2.05) is 23.1 Å². The molecule has 1 amide bonds. The molecule has 2 aromatic carbocycles. The van der Waals surface area contributed by atoms with Gasteiger partial charge >= 0.3 is 0 Å². The predicted molar refractivity (Wildman–Crippen MR) is 127 cm³/mol. The Balaban J connectivity index is 1.41. The van der Waals surface area contributed by atoms with Crippen molar-refractivity contribution in [2.75, 3.05) is 36.8 Å². The Bertz CT molecular complexity index is 1140. The number of carbonyl (C=O) groups excluding carboxylic acids is 1. The summed E-state index contributed by atoms with van der Waals surface area (Å²) in [7, 11) is 0. The monoisotopic (exact) mass is 454 g/mol. The van der Waals surface area contributed by atoms with Crippen LogP contribution in [0.4, 0.5) is 10.1 Å². The summed E-state index contributed by atoms with van der Waals surface area (Å²) < 4.78 is 14.9. The van der Waals surface area contributed by atoms with Crippen molar-refractivity contribution < 1.29 is 9.18 Å². The van der Waals surface area contributed by atoms with Crippen LogP contribution in [0.25, 0.3) is 10.9 Å². The molecule has 0 spiro atoms. The molecule has 4 rings (SSSR count). The second kappa shape index (κ2) is 10.2. The number of thioether (sulfide) groups is 1. The van der Waals surface area contributed by atoms with E-state index < -0.39 is 0 Å². The van der Waals surface area contributed by atoms with Crippen LogP contribution in [0, 0.1) is 5.82 Å². The molecule has 2 heterocycles. The smallest absolute Gasteiger partial charge is 0.262 e. The molecule has 0 N–H and O–H groups in total. The lowest BCUT2D eigenvalue weighted by Crippen LogP contribution is -2.49. The summed E-state index contributed by atoms with van der Waals surface area (Å²) in [6.07, 6.45) is 1.85. The Morgan fingerprint density at radius 3 is 2.50 bits per heavy atom. The largest absolute Gasteiger partial charge is 0.368 e. The zero-order valence-electron chi connectivity index (χ0n) is 18.2. The van der Waals surface area contributed by atoms with E-state index in [4.69, 9.17) is 0 Å². The fourth-order valence-corrected chi connectivity index (χ4v) is 4.78. The first-order chi connectivity index (χ1) is 15.6. The van der Waals surface area contributed by atoms with Crippen molar-refractivity contribution in [3.8, 4) is 0 Å². The van der Waals surface area contributed by atoms with Crippen molar-refractivity contribution in [1.82, 2.24) is 14.5 Å². The van der Waals surface area contributed by atoms with Gasteiger partial charge in [-0.25, -0.2) is 9.37 Å². The highest BCUT2D eigenvalue weighted by atomic mass is 32.2. The first-order valence-electron chi connectivity index (χ1n) is 11.0. The van der Waals surface area contributed by atoms with Gasteiger partial charge in [0.25, 0.3) is 5.56 Å². The summed E-state index contributed by atoms with van der Waals surface area (Å²) in [4.78, 5) is 34.5. The van der Waals surface area contributed by atoms with Crippen molar-refractivity contribution in [3.05, 3.63) is 64.7 Å². The van der Waals surface area contributed by atoms with Gasteiger partial charge in [-0.05, 0) is 42.8 Å². The third kappa shape index (κ3) is 4.96. The van der Waals surface area contributed by atoms with E-state index in [9.17, 15) is 14.0 Å². The highest BCUT2D eigenvalue weighted by Crippen LogP contribution is 2.21. The normalized spacial score (nSPS) is 14.2. The number of anilines is 1. The van der Waals surface area contributed by atoms with Crippen molar-refractivity contribution in [3.63, 3.8) is 0 Å². The Kier molecular flexibility index (Phi) is 7.09. The number of unbranched alkanes of at least 4 members (excludes halogenated alkanes) is 1. The molecular weight excluding hydrogens is 427 g/mol. The molecule has 0 saturated carbocycles. The molecule has 6 nitrogen and oxygen atoms in total. The van der Waals surface area contributed by atoms with Crippen molar-refractivity contribution in [2.24, 2.45) is 0 Å². The summed E-state index contributed by atoms with van der Waals surface area (Å²) in [6.45, 7) is 5.32. The van der Waals surface area contributed by atoms with Gasteiger partial charge in [0, 0.05) is 38.4 Å². The lowest BCUT2D eigenvalue weighted by atomic mass is 10.2. The van der Waals surface area contributed by atoms with Crippen molar-refractivity contribution in [1.29, 1.82) is 0 Å². The van der Waals surface area contributed by atoms with Crippen LogP contribution in [-0.4, -0.2) is 52.3 Å². The number of halogens is 1. The average molecular weight is 455 g/mol. The van der Waals surface area contributed by atoms with Crippen LogP contribution in [0.3, 0.4) is 0 Å². The molecule has 0 unspecified atom stereocenters. The van der Waals surface area contributed by atoms with Gasteiger partial charge in [-0.2, -0.15) is 0 Å². The van der Waals surface area contributed by atoms with Gasteiger partial charge < -0.3 is 9.80 Å². The minimum absolute atomic E-state index is 0.0400. The van der Waals surface area contributed by atoms with Crippen molar-refractivity contribution in [2.45, 2.75) is 31.5 Å². The van der Waals surface area contributed by atoms with E-state index in [0.29, 0.717) is 48.8 Å². The lowest BCUT2D eigenvalue weighted by Gasteiger charge is -2.36. The summed E-state index contributed by atoms with van der Waals surface area (Å²) in [5, 5.41) is 1.21. The number of benzene rings is 2. The Labute approximate surface area is 191 Å². The lowest BCUT2D eigenvalue weighted by molar-refractivity contribution is -0.128. The summed E-state index contributed by atoms with van der Waals surface area (Å²) in [5.41, 5.74) is 1.58. The number of piperazine rings is 1. The summed E-state index contributed by atoms with van der Waals surface area (Å²) in [5.74, 6) is 0.0329. The zero-order valence-corrected chi connectivity index (χ0v) is 19.0. The molecule has 168 valence electrons. The number of hydrogen-bond acceptors (Lipinski definition) is 5. The number of aromatic nitrogens is 2. The number of amides is 1. The number of fused-ring (bicyclic) bond motifs is 1. The molecule has 0 aliphatic carbocycles. The van der Waals surface area contributed by atoms with E-state index in [0.717, 1.165) is 18.5 Å². The quantitative estimate of drug-likeness (QED) is 0.402. The third-order valence-corrected chi connectivity index (χ3v) is 6.67. The Morgan fingerprint density at radius 1 is 1.06 bits per heavy atom. The fraction of sp³-hybridized carbons (Fsp3) is 0.375. The minimum Gasteiger partial charge on any atom is -0.368 e. The van der Waals surface area contributed by atoms with Crippen LogP contribution in [-0.2, 0) is 11.3 Å². The zero-order chi connectivity index (χ0) is 22.5. The molecule has 1 aliphatic rings. The molecule has 1 fully saturated rings. The van der Waals surface area contributed by atoms with Crippen LogP contribution in [0.15, 0.2) is 58.5 Å². The van der Waals surface area contributed by atoms with E-state index in [1.165, 1.54) is 23.9 Å². The maximum absolute atomic E-state index is 13.2. The van der Waals surface area contributed by atoms with Gasteiger partial charge in [0.1, 0.15) is 5.82 Å². The second-order valence-corrected chi connectivity index (χ2v) is 8.80. The van der Waals surface area contributed by atoms with Crippen LogP contribution >= 0.6 is 11.8 Å². The molecular formula is C24H27FN4O2S. The van der Waals surface area contributed by atoms with Gasteiger partial charge in [0.2, 0.25) is 5.91 Å². The fourth-order valence-electron chi connectivity index (χ4n) is 3.85. The van der Waals surface area contributed by atoms with Gasteiger partial charge in [-0.3, -0.25) is 14.2 Å². The second-order valence-electron chi connectivity index (χ2n) is 7.85. The summed E-state index contributed by atoms with van der Waals surface area (Å²) in [6, 6.07) is 13.8. The molecule has 32 heavy (non-hydrogen) atoms. The SMILES string of the molecule is CCCCn1c(SCC(=O)N2CCN(c3ccc(F)cc3)CC2)nc2ccccc2c1=O. The topological polar surface area (TPSA) is 58.4 Å². The molecule has 1 aromatic heterocycles. The maximum Gasteiger partial charge on any atom is 0.262 e. The first kappa shape index (κ1) is 22.3. The van der Waals surface area contributed by atoms with Crippen LogP contribution < -0.4 is 10.5 Å². The van der Waals surface area contributed by atoms with E-state index in [1.54, 1.807) is 22.8 Å². The molecule has 0 radical (unpaired) electrons. The van der Waals surface area contributed by atoms with Crippen LogP contribution in [0.1, 0.15) is 19.8 Å². The molecule has 0 bridgehead atoms. The highest BCUT2D eigenvalue weighted by molar-refractivity contribution is 7.99. The number of carbonyl (C=O) groups is 1. The number of hydrogen-bond donors (Lipinski definition) is 0. The van der Waals surface area contributed by atoms with E-state index in [-0.39, 0.29) is 23.0 Å². The van der Waals surface area contributed by atoms with Gasteiger partial charge in [0.15, 0.2) is 5.16 Å². The third-order valence-electron chi connectivity index (χ3n) is 5.71. The summed E-state index contributed by atoms with van der Waals surface area (Å²) >= 11 is 1.33.